The van der Waals surface area contributed by atoms with Gasteiger partial charge in [-0.15, -0.1) is 0 Å². The molecule has 7 heteroatoms. The lowest BCUT2D eigenvalue weighted by molar-refractivity contribution is -0.137. The van der Waals surface area contributed by atoms with Crippen molar-refractivity contribution in [2.75, 3.05) is 20.8 Å². The quantitative estimate of drug-likeness (QED) is 0.643. The highest BCUT2D eigenvalue weighted by Gasteiger charge is 2.35. The van der Waals surface area contributed by atoms with Gasteiger partial charge >= 0.3 is 6.18 Å². The first-order valence-corrected chi connectivity index (χ1v) is 9.53. The molecule has 0 saturated carbocycles. The maximum absolute atomic E-state index is 13.3. The summed E-state index contributed by atoms with van der Waals surface area (Å²) in [5.41, 5.74) is 2.11. The molecule has 0 unspecified atom stereocenters. The molecule has 2 aromatic carbocycles. The first-order valence-electron chi connectivity index (χ1n) is 9.53. The van der Waals surface area contributed by atoms with Crippen molar-refractivity contribution < 1.29 is 27.4 Å². The van der Waals surface area contributed by atoms with Crippen LogP contribution >= 0.6 is 0 Å². The normalized spacial score (nSPS) is 16.0. The molecule has 0 fully saturated rings. The smallest absolute Gasteiger partial charge is 0.416 e. The average molecular weight is 419 g/mol. The Labute approximate surface area is 173 Å². The molecule has 1 amide bonds. The number of benzene rings is 2. The average Bonchev–Trinajstić information content (AvgIpc) is 2.70. The number of fused-ring (bicyclic) bond motifs is 1. The number of amides is 1. The van der Waals surface area contributed by atoms with E-state index in [1.54, 1.807) is 17.0 Å². The third kappa shape index (κ3) is 4.30. The van der Waals surface area contributed by atoms with Crippen LogP contribution in [0.5, 0.6) is 11.5 Å². The van der Waals surface area contributed by atoms with Gasteiger partial charge in [0.2, 0.25) is 5.91 Å². The van der Waals surface area contributed by atoms with Crippen LogP contribution in [0.3, 0.4) is 0 Å². The van der Waals surface area contributed by atoms with Crippen LogP contribution in [-0.2, 0) is 17.4 Å². The molecule has 2 aromatic rings. The Morgan fingerprint density at radius 1 is 1.10 bits per heavy atom. The number of carbonyl (C=O) groups excluding carboxylic acids is 1. The number of nitrogens with zero attached hydrogens (tertiary/aromatic N) is 1. The summed E-state index contributed by atoms with van der Waals surface area (Å²) in [4.78, 5) is 14.5. The van der Waals surface area contributed by atoms with Gasteiger partial charge in [-0.3, -0.25) is 4.79 Å². The lowest BCUT2D eigenvalue weighted by atomic mass is 9.87. The number of methoxy groups -OCH3 is 2. The van der Waals surface area contributed by atoms with Crippen molar-refractivity contribution in [2.24, 2.45) is 0 Å². The van der Waals surface area contributed by atoms with E-state index in [0.29, 0.717) is 30.0 Å². The van der Waals surface area contributed by atoms with Crippen molar-refractivity contribution >= 4 is 5.91 Å². The standard InChI is InChI=1S/C23H24F3NO3/c1-14(2)10-21(28)27-9-8-15-12-19(29-3)20(30-4)13-18(15)22(27)16-6-5-7-17(11-16)23(24,25)26/h5-7,10-13,22H,8-9H2,1-4H3/t22-/m1/s1. The topological polar surface area (TPSA) is 38.8 Å². The second-order valence-electron chi connectivity index (χ2n) is 7.44. The molecule has 0 spiro atoms. The zero-order chi connectivity index (χ0) is 22.1. The Morgan fingerprint density at radius 2 is 1.77 bits per heavy atom. The second-order valence-corrected chi connectivity index (χ2v) is 7.44. The Balaban J connectivity index is 2.20. The molecule has 0 saturated heterocycles. The molecule has 160 valence electrons. The number of allylic oxidation sites excluding steroid dienone is 1. The van der Waals surface area contributed by atoms with Gasteiger partial charge in [0, 0.05) is 12.6 Å². The van der Waals surface area contributed by atoms with Crippen LogP contribution in [0.2, 0.25) is 0 Å². The summed E-state index contributed by atoms with van der Waals surface area (Å²) < 4.78 is 50.8. The second kappa shape index (κ2) is 8.42. The summed E-state index contributed by atoms with van der Waals surface area (Å²) in [6, 6.07) is 8.05. The van der Waals surface area contributed by atoms with E-state index in [9.17, 15) is 18.0 Å². The van der Waals surface area contributed by atoms with Gasteiger partial charge in [0.25, 0.3) is 0 Å². The molecule has 0 aromatic heterocycles. The SMILES string of the molecule is COc1cc2c(cc1OC)[C@@H](c1cccc(C(F)(F)F)c1)N(C(=O)C=C(C)C)CC2. The summed E-state index contributed by atoms with van der Waals surface area (Å²) in [6.07, 6.45) is -2.40. The minimum Gasteiger partial charge on any atom is -0.493 e. The maximum Gasteiger partial charge on any atom is 0.416 e. The largest absolute Gasteiger partial charge is 0.493 e. The number of hydrogen-bond donors (Lipinski definition) is 0. The number of carbonyl (C=O) groups is 1. The molecule has 0 N–H and O–H groups in total. The van der Waals surface area contributed by atoms with Crippen molar-refractivity contribution in [3.63, 3.8) is 0 Å². The van der Waals surface area contributed by atoms with Crippen LogP contribution in [0.4, 0.5) is 13.2 Å². The fourth-order valence-corrected chi connectivity index (χ4v) is 3.76. The van der Waals surface area contributed by atoms with Gasteiger partial charge < -0.3 is 14.4 Å². The molecule has 1 heterocycles. The first kappa shape index (κ1) is 21.7. The van der Waals surface area contributed by atoms with Crippen LogP contribution in [0.25, 0.3) is 0 Å². The van der Waals surface area contributed by atoms with Gasteiger partial charge in [-0.1, -0.05) is 17.7 Å². The van der Waals surface area contributed by atoms with Crippen LogP contribution in [0, 0.1) is 0 Å². The number of alkyl halides is 3. The van der Waals surface area contributed by atoms with E-state index in [-0.39, 0.29) is 5.91 Å². The van der Waals surface area contributed by atoms with Crippen molar-refractivity contribution in [3.05, 3.63) is 70.3 Å². The van der Waals surface area contributed by atoms with Gasteiger partial charge in [0.1, 0.15) is 0 Å². The fraction of sp³-hybridized carbons (Fsp3) is 0.348. The first-order chi connectivity index (χ1) is 14.2. The molecular formula is C23H24F3NO3. The van der Waals surface area contributed by atoms with Crippen molar-refractivity contribution in [2.45, 2.75) is 32.5 Å². The molecular weight excluding hydrogens is 395 g/mol. The van der Waals surface area contributed by atoms with Gasteiger partial charge in [-0.25, -0.2) is 0 Å². The summed E-state index contributed by atoms with van der Waals surface area (Å²) >= 11 is 0. The van der Waals surface area contributed by atoms with Gasteiger partial charge in [-0.05, 0) is 61.2 Å². The Bertz CT molecular complexity index is 978. The summed E-state index contributed by atoms with van der Waals surface area (Å²) in [6.45, 7) is 4.00. The number of rotatable bonds is 4. The highest BCUT2D eigenvalue weighted by Crippen LogP contribution is 2.42. The van der Waals surface area contributed by atoms with Gasteiger partial charge in [-0.2, -0.15) is 13.2 Å². The molecule has 1 atom stereocenters. The van der Waals surface area contributed by atoms with E-state index in [1.165, 1.54) is 26.4 Å². The minimum atomic E-state index is -4.47. The highest BCUT2D eigenvalue weighted by molar-refractivity contribution is 5.89. The van der Waals surface area contributed by atoms with Crippen molar-refractivity contribution in [1.82, 2.24) is 4.90 Å². The van der Waals surface area contributed by atoms with E-state index in [4.69, 9.17) is 9.47 Å². The lowest BCUT2D eigenvalue weighted by Gasteiger charge is -2.38. The molecule has 1 aliphatic rings. The van der Waals surface area contributed by atoms with E-state index in [0.717, 1.165) is 28.8 Å². The van der Waals surface area contributed by atoms with E-state index >= 15 is 0 Å². The van der Waals surface area contributed by atoms with Crippen molar-refractivity contribution in [3.8, 4) is 11.5 Å². The van der Waals surface area contributed by atoms with Gasteiger partial charge in [0.05, 0.1) is 25.8 Å². The zero-order valence-corrected chi connectivity index (χ0v) is 17.3. The molecule has 3 rings (SSSR count). The molecule has 0 radical (unpaired) electrons. The zero-order valence-electron chi connectivity index (χ0n) is 17.3. The lowest BCUT2D eigenvalue weighted by Crippen LogP contribution is -2.40. The number of halogens is 3. The van der Waals surface area contributed by atoms with Gasteiger partial charge in [0.15, 0.2) is 11.5 Å². The predicted molar refractivity (Wildman–Crippen MR) is 108 cm³/mol. The van der Waals surface area contributed by atoms with Crippen LogP contribution < -0.4 is 9.47 Å². The van der Waals surface area contributed by atoms with E-state index < -0.39 is 17.8 Å². The molecule has 30 heavy (non-hydrogen) atoms. The molecule has 0 bridgehead atoms. The molecule has 0 aliphatic carbocycles. The van der Waals surface area contributed by atoms with Crippen molar-refractivity contribution in [1.29, 1.82) is 0 Å². The summed E-state index contributed by atoms with van der Waals surface area (Å²) in [5, 5.41) is 0. The third-order valence-electron chi connectivity index (χ3n) is 5.10. The molecule has 1 aliphatic heterocycles. The van der Waals surface area contributed by atoms with Crippen LogP contribution in [-0.4, -0.2) is 31.6 Å². The fourth-order valence-electron chi connectivity index (χ4n) is 3.76. The number of ether oxygens (including phenoxy) is 2. The monoisotopic (exact) mass is 419 g/mol. The minimum absolute atomic E-state index is 0.238. The predicted octanol–water partition coefficient (Wildman–Crippen LogP) is 5.16. The summed E-state index contributed by atoms with van der Waals surface area (Å²) in [7, 11) is 3.03. The number of hydrogen-bond acceptors (Lipinski definition) is 3. The molecule has 4 nitrogen and oxygen atoms in total. The highest BCUT2D eigenvalue weighted by atomic mass is 19.4. The van der Waals surface area contributed by atoms with Crippen LogP contribution in [0.15, 0.2) is 48.0 Å². The Hall–Kier alpha value is -2.96. The Kier molecular flexibility index (Phi) is 6.10. The van der Waals surface area contributed by atoms with E-state index in [2.05, 4.69) is 0 Å². The van der Waals surface area contributed by atoms with E-state index in [1.807, 2.05) is 19.9 Å². The maximum atomic E-state index is 13.3. The summed E-state index contributed by atoms with van der Waals surface area (Å²) in [5.74, 6) is 0.769. The van der Waals surface area contributed by atoms with Crippen LogP contribution in [0.1, 0.15) is 42.1 Å². The third-order valence-corrected chi connectivity index (χ3v) is 5.10. The Morgan fingerprint density at radius 3 is 2.37 bits per heavy atom.